The van der Waals surface area contributed by atoms with Crippen molar-refractivity contribution in [3.8, 4) is 12.3 Å². The van der Waals surface area contributed by atoms with Gasteiger partial charge in [0.15, 0.2) is 0 Å². The number of nitrogens with one attached hydrogen (secondary N) is 2. The summed E-state index contributed by atoms with van der Waals surface area (Å²) in [5.74, 6) is 2.60. The lowest BCUT2D eigenvalue weighted by Crippen LogP contribution is -2.49. The molecule has 0 heterocycles. The lowest BCUT2D eigenvalue weighted by Gasteiger charge is -2.23. The number of carbonyl (C=O) groups excluding carboxylic acids is 1. The Morgan fingerprint density at radius 3 is 2.53 bits per heavy atom. The van der Waals surface area contributed by atoms with Gasteiger partial charge in [0.05, 0.1) is 6.04 Å². The van der Waals surface area contributed by atoms with E-state index in [9.17, 15) is 4.79 Å². The standard InChI is InChI=1S/C12H22N2O/c1-6-7-8-9-13-10(2)11(15)14-12(3,4)5/h1,10,13H,7-9H2,2-5H3,(H,14,15). The molecule has 3 nitrogen and oxygen atoms in total. The Kier molecular flexibility index (Phi) is 6.03. The zero-order chi connectivity index (χ0) is 11.9. The number of unbranched alkanes of at least 4 members (excludes halogenated alkanes) is 1. The second-order valence-corrected chi connectivity index (χ2v) is 4.72. The molecule has 2 N–H and O–H groups in total. The average molecular weight is 210 g/mol. The molecule has 0 aromatic heterocycles. The number of hydrogen-bond acceptors (Lipinski definition) is 2. The summed E-state index contributed by atoms with van der Waals surface area (Å²) in [4.78, 5) is 11.6. The van der Waals surface area contributed by atoms with Gasteiger partial charge in [-0.25, -0.2) is 0 Å². The normalized spacial score (nSPS) is 13.0. The van der Waals surface area contributed by atoms with Gasteiger partial charge in [-0.2, -0.15) is 0 Å². The largest absolute Gasteiger partial charge is 0.350 e. The Labute approximate surface area is 93.0 Å². The van der Waals surface area contributed by atoms with Gasteiger partial charge in [-0.1, -0.05) is 0 Å². The third kappa shape index (κ3) is 8.02. The number of carbonyl (C=O) groups is 1. The summed E-state index contributed by atoms with van der Waals surface area (Å²) in [6, 6.07) is -0.165. The Morgan fingerprint density at radius 2 is 2.07 bits per heavy atom. The summed E-state index contributed by atoms with van der Waals surface area (Å²) in [6.45, 7) is 8.54. The van der Waals surface area contributed by atoms with Gasteiger partial charge in [0.25, 0.3) is 0 Å². The van der Waals surface area contributed by atoms with Gasteiger partial charge in [-0.15, -0.1) is 12.3 Å². The average Bonchev–Trinajstić information content (AvgIpc) is 2.09. The Hall–Kier alpha value is -1.01. The van der Waals surface area contributed by atoms with Crippen molar-refractivity contribution in [3.05, 3.63) is 0 Å². The molecule has 0 aliphatic heterocycles. The third-order valence-electron chi connectivity index (χ3n) is 1.84. The van der Waals surface area contributed by atoms with Gasteiger partial charge >= 0.3 is 0 Å². The minimum Gasteiger partial charge on any atom is -0.350 e. The minimum atomic E-state index is -0.175. The second-order valence-electron chi connectivity index (χ2n) is 4.72. The van der Waals surface area contributed by atoms with Crippen LogP contribution in [0.15, 0.2) is 0 Å². The van der Waals surface area contributed by atoms with E-state index in [0.717, 1.165) is 19.4 Å². The molecule has 0 aromatic carbocycles. The zero-order valence-electron chi connectivity index (χ0n) is 10.2. The summed E-state index contributed by atoms with van der Waals surface area (Å²) >= 11 is 0. The van der Waals surface area contributed by atoms with Crippen molar-refractivity contribution >= 4 is 5.91 Å². The highest BCUT2D eigenvalue weighted by Gasteiger charge is 2.18. The summed E-state index contributed by atoms with van der Waals surface area (Å²) in [5, 5.41) is 6.05. The lowest BCUT2D eigenvalue weighted by atomic mass is 10.1. The van der Waals surface area contributed by atoms with E-state index in [-0.39, 0.29) is 17.5 Å². The van der Waals surface area contributed by atoms with Crippen molar-refractivity contribution in [2.45, 2.75) is 52.1 Å². The SMILES string of the molecule is C#CCCCNC(C)C(=O)NC(C)(C)C. The van der Waals surface area contributed by atoms with Crippen LogP contribution in [0.25, 0.3) is 0 Å². The molecule has 0 aromatic rings. The van der Waals surface area contributed by atoms with Gasteiger partial charge < -0.3 is 10.6 Å². The fraction of sp³-hybridized carbons (Fsp3) is 0.750. The maximum absolute atomic E-state index is 11.6. The van der Waals surface area contributed by atoms with Gasteiger partial charge in [-0.3, -0.25) is 4.79 Å². The van der Waals surface area contributed by atoms with Crippen LogP contribution in [-0.4, -0.2) is 24.0 Å². The topological polar surface area (TPSA) is 41.1 Å². The molecule has 0 rings (SSSR count). The summed E-state index contributed by atoms with van der Waals surface area (Å²) in [7, 11) is 0. The Bertz CT molecular complexity index is 235. The van der Waals surface area contributed by atoms with Crippen molar-refractivity contribution in [1.29, 1.82) is 0 Å². The molecule has 0 saturated carbocycles. The fourth-order valence-corrected chi connectivity index (χ4v) is 1.08. The molecule has 0 aliphatic rings. The van der Waals surface area contributed by atoms with E-state index in [1.165, 1.54) is 0 Å². The van der Waals surface area contributed by atoms with Crippen LogP contribution in [0.5, 0.6) is 0 Å². The van der Waals surface area contributed by atoms with Crippen LogP contribution in [0.3, 0.4) is 0 Å². The van der Waals surface area contributed by atoms with Crippen LogP contribution in [0.4, 0.5) is 0 Å². The van der Waals surface area contributed by atoms with Crippen LogP contribution in [0.2, 0.25) is 0 Å². The first-order valence-corrected chi connectivity index (χ1v) is 5.35. The number of amides is 1. The smallest absolute Gasteiger partial charge is 0.237 e. The second kappa shape index (κ2) is 6.47. The molecular weight excluding hydrogens is 188 g/mol. The highest BCUT2D eigenvalue weighted by molar-refractivity contribution is 5.81. The van der Waals surface area contributed by atoms with Gasteiger partial charge in [-0.05, 0) is 40.7 Å². The number of hydrogen-bond donors (Lipinski definition) is 2. The quantitative estimate of drug-likeness (QED) is 0.530. The minimum absolute atomic E-state index is 0.0307. The predicted octanol–water partition coefficient (Wildman–Crippen LogP) is 1.29. The van der Waals surface area contributed by atoms with Crippen LogP contribution in [0, 0.1) is 12.3 Å². The van der Waals surface area contributed by atoms with Gasteiger partial charge in [0, 0.05) is 12.0 Å². The highest BCUT2D eigenvalue weighted by Crippen LogP contribution is 1.99. The predicted molar refractivity (Wildman–Crippen MR) is 63.4 cm³/mol. The van der Waals surface area contributed by atoms with Crippen molar-refractivity contribution < 1.29 is 4.79 Å². The van der Waals surface area contributed by atoms with Crippen LogP contribution < -0.4 is 10.6 Å². The molecule has 0 spiro atoms. The van der Waals surface area contributed by atoms with E-state index in [1.54, 1.807) is 0 Å². The molecule has 0 radical (unpaired) electrons. The fourth-order valence-electron chi connectivity index (χ4n) is 1.08. The summed E-state index contributed by atoms with van der Waals surface area (Å²) in [5.41, 5.74) is -0.175. The molecule has 0 bridgehead atoms. The van der Waals surface area contributed by atoms with E-state index in [4.69, 9.17) is 6.42 Å². The summed E-state index contributed by atoms with van der Waals surface area (Å²) < 4.78 is 0. The van der Waals surface area contributed by atoms with E-state index < -0.39 is 0 Å². The highest BCUT2D eigenvalue weighted by atomic mass is 16.2. The first kappa shape index (κ1) is 14.0. The van der Waals surface area contributed by atoms with Gasteiger partial charge in [0.2, 0.25) is 5.91 Å². The van der Waals surface area contributed by atoms with Crippen LogP contribution in [-0.2, 0) is 4.79 Å². The Morgan fingerprint density at radius 1 is 1.47 bits per heavy atom. The summed E-state index contributed by atoms with van der Waals surface area (Å²) in [6.07, 6.45) is 6.79. The van der Waals surface area contributed by atoms with Crippen molar-refractivity contribution in [2.24, 2.45) is 0 Å². The van der Waals surface area contributed by atoms with Crippen molar-refractivity contribution in [3.63, 3.8) is 0 Å². The van der Waals surface area contributed by atoms with Crippen LogP contribution >= 0.6 is 0 Å². The third-order valence-corrected chi connectivity index (χ3v) is 1.84. The first-order valence-electron chi connectivity index (χ1n) is 5.35. The first-order chi connectivity index (χ1) is 6.87. The molecule has 3 heteroatoms. The molecular formula is C12H22N2O. The number of rotatable bonds is 5. The zero-order valence-corrected chi connectivity index (χ0v) is 10.2. The van der Waals surface area contributed by atoms with E-state index in [2.05, 4.69) is 16.6 Å². The van der Waals surface area contributed by atoms with Crippen LogP contribution in [0.1, 0.15) is 40.5 Å². The molecule has 86 valence electrons. The lowest BCUT2D eigenvalue weighted by molar-refractivity contribution is -0.124. The molecule has 1 amide bonds. The maximum atomic E-state index is 11.6. The molecule has 0 aliphatic carbocycles. The van der Waals surface area contributed by atoms with E-state index in [0.29, 0.717) is 0 Å². The molecule has 0 saturated heterocycles. The van der Waals surface area contributed by atoms with Crippen molar-refractivity contribution in [2.75, 3.05) is 6.54 Å². The molecule has 15 heavy (non-hydrogen) atoms. The Balaban J connectivity index is 3.76. The molecule has 0 fully saturated rings. The number of terminal acetylenes is 1. The molecule has 1 unspecified atom stereocenters. The van der Waals surface area contributed by atoms with E-state index in [1.807, 2.05) is 27.7 Å². The maximum Gasteiger partial charge on any atom is 0.237 e. The monoisotopic (exact) mass is 210 g/mol. The molecule has 1 atom stereocenters. The van der Waals surface area contributed by atoms with Gasteiger partial charge in [0.1, 0.15) is 0 Å². The van der Waals surface area contributed by atoms with Crippen molar-refractivity contribution in [1.82, 2.24) is 10.6 Å². The van der Waals surface area contributed by atoms with E-state index >= 15 is 0 Å².